The van der Waals surface area contributed by atoms with E-state index in [0.29, 0.717) is 18.6 Å². The first-order chi connectivity index (χ1) is 7.44. The average molecular weight is 229 g/mol. The summed E-state index contributed by atoms with van der Waals surface area (Å²) in [5, 5.41) is 2.34. The summed E-state index contributed by atoms with van der Waals surface area (Å²) in [6, 6.07) is 1.56. The first-order valence-electron chi connectivity index (χ1n) is 5.12. The number of hydrogen-bond acceptors (Lipinski definition) is 2. The van der Waals surface area contributed by atoms with E-state index in [1.54, 1.807) is 19.9 Å². The lowest BCUT2D eigenvalue weighted by atomic mass is 10.2. The second-order valence-corrected chi connectivity index (χ2v) is 4.26. The molecule has 5 heteroatoms. The van der Waals surface area contributed by atoms with Gasteiger partial charge in [0.25, 0.3) is 12.3 Å². The summed E-state index contributed by atoms with van der Waals surface area (Å²) in [4.78, 5) is 11.6. The average Bonchev–Trinajstić information content (AvgIpc) is 2.90. The number of alkyl halides is 2. The van der Waals surface area contributed by atoms with Gasteiger partial charge in [-0.25, -0.2) is 8.78 Å². The fourth-order valence-electron chi connectivity index (χ4n) is 1.51. The lowest BCUT2D eigenvalue weighted by Crippen LogP contribution is -2.42. The molecule has 0 radical (unpaired) electrons. The van der Waals surface area contributed by atoms with Crippen LogP contribution in [0.25, 0.3) is 0 Å². The molecule has 0 bridgehead atoms. The molecule has 0 spiro atoms. The van der Waals surface area contributed by atoms with E-state index in [0.717, 1.165) is 5.56 Å². The topological polar surface area (TPSA) is 42.2 Å². The van der Waals surface area contributed by atoms with E-state index in [9.17, 15) is 13.6 Å². The van der Waals surface area contributed by atoms with Crippen LogP contribution in [0.15, 0.2) is 10.5 Å². The van der Waals surface area contributed by atoms with Crippen LogP contribution in [0, 0.1) is 13.8 Å². The van der Waals surface area contributed by atoms with Crippen LogP contribution < -0.4 is 5.32 Å². The van der Waals surface area contributed by atoms with Crippen molar-refractivity contribution < 1.29 is 18.0 Å². The Balaban J connectivity index is 2.09. The van der Waals surface area contributed by atoms with Crippen molar-refractivity contribution in [2.45, 2.75) is 38.7 Å². The highest BCUT2D eigenvalue weighted by atomic mass is 19.3. The molecule has 1 saturated carbocycles. The fraction of sp³-hybridized carbons (Fsp3) is 0.545. The van der Waals surface area contributed by atoms with Crippen LogP contribution in [0.5, 0.6) is 0 Å². The molecule has 1 aliphatic carbocycles. The van der Waals surface area contributed by atoms with Gasteiger partial charge in [-0.3, -0.25) is 4.79 Å². The predicted octanol–water partition coefficient (Wildman–Crippen LogP) is 2.42. The van der Waals surface area contributed by atoms with Gasteiger partial charge >= 0.3 is 0 Å². The lowest BCUT2D eigenvalue weighted by molar-refractivity contribution is 0.0661. The SMILES string of the molecule is Cc1cc(C(=O)NC2(C(F)F)CC2)oc1C. The van der Waals surface area contributed by atoms with Crippen molar-refractivity contribution in [3.05, 3.63) is 23.2 Å². The van der Waals surface area contributed by atoms with Gasteiger partial charge in [0, 0.05) is 0 Å². The third-order valence-corrected chi connectivity index (χ3v) is 2.96. The Labute approximate surface area is 91.8 Å². The molecule has 1 fully saturated rings. The summed E-state index contributed by atoms with van der Waals surface area (Å²) in [7, 11) is 0. The zero-order valence-electron chi connectivity index (χ0n) is 9.14. The number of hydrogen-bond donors (Lipinski definition) is 1. The van der Waals surface area contributed by atoms with Crippen molar-refractivity contribution in [1.82, 2.24) is 5.32 Å². The lowest BCUT2D eigenvalue weighted by Gasteiger charge is -2.14. The van der Waals surface area contributed by atoms with E-state index in [4.69, 9.17) is 4.42 Å². The Bertz CT molecular complexity index is 402. The Morgan fingerprint density at radius 2 is 2.12 bits per heavy atom. The van der Waals surface area contributed by atoms with Gasteiger partial charge in [-0.05, 0) is 38.3 Å². The van der Waals surface area contributed by atoms with E-state index in [1.807, 2.05) is 0 Å². The first kappa shape index (κ1) is 11.1. The van der Waals surface area contributed by atoms with Crippen LogP contribution >= 0.6 is 0 Å². The van der Waals surface area contributed by atoms with E-state index >= 15 is 0 Å². The predicted molar refractivity (Wildman–Crippen MR) is 53.6 cm³/mol. The molecule has 1 amide bonds. The highest BCUT2D eigenvalue weighted by molar-refractivity contribution is 5.92. The molecule has 0 unspecified atom stereocenters. The summed E-state index contributed by atoms with van der Waals surface area (Å²) in [6.45, 7) is 3.53. The minimum atomic E-state index is -2.52. The third kappa shape index (κ3) is 1.81. The molecule has 2 rings (SSSR count). The number of halogens is 2. The minimum Gasteiger partial charge on any atom is -0.456 e. The summed E-state index contributed by atoms with van der Waals surface area (Å²) < 4.78 is 30.4. The Morgan fingerprint density at radius 1 is 1.50 bits per heavy atom. The van der Waals surface area contributed by atoms with Crippen LogP contribution in [0.3, 0.4) is 0 Å². The van der Waals surface area contributed by atoms with E-state index in [1.165, 1.54) is 0 Å². The van der Waals surface area contributed by atoms with Crippen molar-refractivity contribution in [3.8, 4) is 0 Å². The van der Waals surface area contributed by atoms with Gasteiger partial charge < -0.3 is 9.73 Å². The number of nitrogens with one attached hydrogen (secondary N) is 1. The zero-order valence-corrected chi connectivity index (χ0v) is 9.14. The third-order valence-electron chi connectivity index (χ3n) is 2.96. The molecule has 1 N–H and O–H groups in total. The maximum absolute atomic E-state index is 12.6. The Kier molecular flexibility index (Phi) is 2.48. The molecule has 1 aliphatic rings. The van der Waals surface area contributed by atoms with Gasteiger partial charge in [-0.15, -0.1) is 0 Å². The highest BCUT2D eigenvalue weighted by Crippen LogP contribution is 2.41. The highest BCUT2D eigenvalue weighted by Gasteiger charge is 2.52. The molecular formula is C11H13F2NO2. The van der Waals surface area contributed by atoms with Crippen molar-refractivity contribution >= 4 is 5.91 Å². The molecule has 0 aliphatic heterocycles. The van der Waals surface area contributed by atoms with Crippen molar-refractivity contribution in [3.63, 3.8) is 0 Å². The van der Waals surface area contributed by atoms with Crippen LogP contribution in [0.4, 0.5) is 8.78 Å². The minimum absolute atomic E-state index is 0.0990. The van der Waals surface area contributed by atoms with E-state index in [-0.39, 0.29) is 5.76 Å². The number of amides is 1. The molecule has 1 heterocycles. The van der Waals surface area contributed by atoms with E-state index in [2.05, 4.69) is 5.32 Å². The van der Waals surface area contributed by atoms with Crippen molar-refractivity contribution in [1.29, 1.82) is 0 Å². The number of carbonyl (C=O) groups excluding carboxylic acids is 1. The molecule has 88 valence electrons. The monoisotopic (exact) mass is 229 g/mol. The molecule has 1 aromatic rings. The van der Waals surface area contributed by atoms with Crippen LogP contribution in [-0.4, -0.2) is 17.9 Å². The van der Waals surface area contributed by atoms with Gasteiger partial charge in [0.1, 0.15) is 11.3 Å². The fourth-order valence-corrected chi connectivity index (χ4v) is 1.51. The van der Waals surface area contributed by atoms with Crippen LogP contribution in [0.1, 0.15) is 34.7 Å². The van der Waals surface area contributed by atoms with Crippen LogP contribution in [-0.2, 0) is 0 Å². The van der Waals surface area contributed by atoms with Gasteiger partial charge in [0.2, 0.25) is 0 Å². The Morgan fingerprint density at radius 3 is 2.50 bits per heavy atom. The maximum atomic E-state index is 12.6. The second-order valence-electron chi connectivity index (χ2n) is 4.26. The van der Waals surface area contributed by atoms with Crippen molar-refractivity contribution in [2.75, 3.05) is 0 Å². The summed E-state index contributed by atoms with van der Waals surface area (Å²) in [5.74, 6) is 0.169. The Hall–Kier alpha value is -1.39. The normalized spacial score (nSPS) is 17.6. The van der Waals surface area contributed by atoms with Gasteiger partial charge in [0.05, 0.1) is 0 Å². The molecule has 3 nitrogen and oxygen atoms in total. The first-order valence-corrected chi connectivity index (χ1v) is 5.12. The quantitative estimate of drug-likeness (QED) is 0.864. The van der Waals surface area contributed by atoms with Crippen LogP contribution in [0.2, 0.25) is 0 Å². The standard InChI is InChI=1S/C11H13F2NO2/c1-6-5-8(16-7(6)2)9(15)14-11(3-4-11)10(12)13/h5,10H,3-4H2,1-2H3,(H,14,15). The van der Waals surface area contributed by atoms with Crippen molar-refractivity contribution in [2.24, 2.45) is 0 Å². The van der Waals surface area contributed by atoms with Gasteiger partial charge in [-0.1, -0.05) is 0 Å². The van der Waals surface area contributed by atoms with E-state index < -0.39 is 17.9 Å². The second kappa shape index (κ2) is 3.57. The molecule has 0 aromatic carbocycles. The molecular weight excluding hydrogens is 216 g/mol. The van der Waals surface area contributed by atoms with Gasteiger partial charge in [0.15, 0.2) is 5.76 Å². The summed E-state index contributed by atoms with van der Waals surface area (Å²) in [6.07, 6.45) is -1.86. The zero-order chi connectivity index (χ0) is 11.9. The maximum Gasteiger partial charge on any atom is 0.287 e. The number of furan rings is 1. The molecule has 0 saturated heterocycles. The summed E-state index contributed by atoms with van der Waals surface area (Å²) in [5.41, 5.74) is -0.474. The molecule has 16 heavy (non-hydrogen) atoms. The van der Waals surface area contributed by atoms with Gasteiger partial charge in [-0.2, -0.15) is 0 Å². The molecule has 0 atom stereocenters. The number of carbonyl (C=O) groups is 1. The summed E-state index contributed by atoms with van der Waals surface area (Å²) >= 11 is 0. The number of aryl methyl sites for hydroxylation is 2. The largest absolute Gasteiger partial charge is 0.456 e. The number of rotatable bonds is 3. The molecule has 1 aromatic heterocycles. The smallest absolute Gasteiger partial charge is 0.287 e.